The number of methoxy groups -OCH3 is 1. The maximum absolute atomic E-state index is 12.5. The minimum Gasteiger partial charge on any atom is -0.481 e. The van der Waals surface area contributed by atoms with Crippen LogP contribution in [0.3, 0.4) is 0 Å². The molecule has 0 saturated carbocycles. The molecule has 5 nitrogen and oxygen atoms in total. The lowest BCUT2D eigenvalue weighted by Crippen LogP contribution is -2.14. The zero-order valence-electron chi connectivity index (χ0n) is 14.7. The number of carbonyl (C=O) groups is 1. The molecule has 0 saturated heterocycles. The third-order valence-corrected chi connectivity index (χ3v) is 4.49. The van der Waals surface area contributed by atoms with Crippen molar-refractivity contribution in [2.45, 2.75) is 6.42 Å². The number of amides is 1. The fourth-order valence-electron chi connectivity index (χ4n) is 3.24. The normalized spacial score (nSPS) is 11.0. The zero-order valence-corrected chi connectivity index (χ0v) is 14.7. The Kier molecular flexibility index (Phi) is 4.05. The summed E-state index contributed by atoms with van der Waals surface area (Å²) in [7, 11) is 3.59. The van der Waals surface area contributed by atoms with Crippen molar-refractivity contribution in [3.05, 3.63) is 66.4 Å². The number of rotatable bonds is 4. The SMILES string of the molecule is COc1ccc2cc(NC(=O)Cc3cn(C)c4ccccc34)ccc2n1. The van der Waals surface area contributed by atoms with Crippen molar-refractivity contribution in [2.24, 2.45) is 7.05 Å². The van der Waals surface area contributed by atoms with E-state index in [1.165, 1.54) is 0 Å². The van der Waals surface area contributed by atoms with Gasteiger partial charge in [-0.1, -0.05) is 18.2 Å². The monoisotopic (exact) mass is 345 g/mol. The van der Waals surface area contributed by atoms with Crippen LogP contribution in [-0.2, 0) is 18.3 Å². The molecule has 2 heterocycles. The number of fused-ring (bicyclic) bond motifs is 2. The Labute approximate surface area is 151 Å². The molecular weight excluding hydrogens is 326 g/mol. The molecule has 0 bridgehead atoms. The highest BCUT2D eigenvalue weighted by Crippen LogP contribution is 2.23. The zero-order chi connectivity index (χ0) is 18.1. The predicted octanol–water partition coefficient (Wildman–Crippen LogP) is 3.92. The number of carbonyl (C=O) groups excluding carboxylic acids is 1. The van der Waals surface area contributed by atoms with Crippen molar-refractivity contribution in [1.82, 2.24) is 9.55 Å². The Morgan fingerprint density at radius 1 is 1.15 bits per heavy atom. The fraction of sp³-hybridized carbons (Fsp3) is 0.143. The summed E-state index contributed by atoms with van der Waals surface area (Å²) in [4.78, 5) is 16.9. The molecule has 0 unspecified atom stereocenters. The first-order valence-corrected chi connectivity index (χ1v) is 8.41. The number of para-hydroxylation sites is 1. The van der Waals surface area contributed by atoms with Gasteiger partial charge in [0.2, 0.25) is 11.8 Å². The van der Waals surface area contributed by atoms with Crippen LogP contribution < -0.4 is 10.1 Å². The minimum atomic E-state index is -0.0397. The van der Waals surface area contributed by atoms with E-state index in [4.69, 9.17) is 4.74 Å². The highest BCUT2D eigenvalue weighted by Gasteiger charge is 2.11. The summed E-state index contributed by atoms with van der Waals surface area (Å²) < 4.78 is 7.19. The third kappa shape index (κ3) is 2.99. The number of ether oxygens (including phenoxy) is 1. The van der Waals surface area contributed by atoms with E-state index in [9.17, 15) is 4.79 Å². The molecule has 2 aromatic heterocycles. The molecule has 0 aliphatic carbocycles. The number of nitrogens with zero attached hydrogens (tertiary/aromatic N) is 2. The lowest BCUT2D eigenvalue weighted by Gasteiger charge is -2.07. The first-order valence-electron chi connectivity index (χ1n) is 8.41. The number of aromatic nitrogens is 2. The summed E-state index contributed by atoms with van der Waals surface area (Å²) in [6.07, 6.45) is 2.35. The fourth-order valence-corrected chi connectivity index (χ4v) is 3.24. The Hall–Kier alpha value is -3.34. The van der Waals surface area contributed by atoms with E-state index in [2.05, 4.69) is 16.4 Å². The summed E-state index contributed by atoms with van der Waals surface area (Å²) in [5.41, 5.74) is 3.74. The quantitative estimate of drug-likeness (QED) is 0.610. The van der Waals surface area contributed by atoms with Gasteiger partial charge in [0, 0.05) is 41.3 Å². The van der Waals surface area contributed by atoms with Gasteiger partial charge in [-0.2, -0.15) is 0 Å². The van der Waals surface area contributed by atoms with E-state index in [1.807, 2.05) is 66.3 Å². The third-order valence-electron chi connectivity index (χ3n) is 4.49. The van der Waals surface area contributed by atoms with E-state index < -0.39 is 0 Å². The summed E-state index contributed by atoms with van der Waals surface area (Å²) in [5, 5.41) is 5.04. The first kappa shape index (κ1) is 16.1. The summed E-state index contributed by atoms with van der Waals surface area (Å²) in [5.74, 6) is 0.535. The van der Waals surface area contributed by atoms with Crippen LogP contribution in [0.2, 0.25) is 0 Å². The Morgan fingerprint density at radius 2 is 2.00 bits per heavy atom. The van der Waals surface area contributed by atoms with Crippen LogP contribution in [0.5, 0.6) is 5.88 Å². The summed E-state index contributed by atoms with van der Waals surface area (Å²) in [6, 6.07) is 17.5. The van der Waals surface area contributed by atoms with Crippen LogP contribution in [0.4, 0.5) is 5.69 Å². The van der Waals surface area contributed by atoms with Crippen LogP contribution in [0.15, 0.2) is 60.8 Å². The van der Waals surface area contributed by atoms with Crippen LogP contribution in [0.1, 0.15) is 5.56 Å². The minimum absolute atomic E-state index is 0.0397. The van der Waals surface area contributed by atoms with Crippen LogP contribution >= 0.6 is 0 Å². The maximum atomic E-state index is 12.5. The Bertz CT molecular complexity index is 1110. The highest BCUT2D eigenvalue weighted by atomic mass is 16.5. The van der Waals surface area contributed by atoms with Gasteiger partial charge in [0.25, 0.3) is 0 Å². The lowest BCUT2D eigenvalue weighted by molar-refractivity contribution is -0.115. The van der Waals surface area contributed by atoms with Crippen LogP contribution in [-0.4, -0.2) is 22.6 Å². The van der Waals surface area contributed by atoms with Crippen molar-refractivity contribution in [1.29, 1.82) is 0 Å². The molecule has 130 valence electrons. The van der Waals surface area contributed by atoms with E-state index in [1.54, 1.807) is 7.11 Å². The molecule has 1 amide bonds. The highest BCUT2D eigenvalue weighted by molar-refractivity contribution is 5.97. The predicted molar refractivity (Wildman–Crippen MR) is 104 cm³/mol. The van der Waals surface area contributed by atoms with E-state index in [0.29, 0.717) is 12.3 Å². The summed E-state index contributed by atoms with van der Waals surface area (Å²) >= 11 is 0. The molecule has 0 aliphatic rings. The molecule has 4 rings (SSSR count). The van der Waals surface area contributed by atoms with Crippen molar-refractivity contribution in [2.75, 3.05) is 12.4 Å². The number of aryl methyl sites for hydroxylation is 1. The standard InChI is InChI=1S/C21H19N3O2/c1-24-13-15(17-5-3-4-6-19(17)24)12-20(25)22-16-8-9-18-14(11-16)7-10-21(23-18)26-2/h3-11,13H,12H2,1-2H3,(H,22,25). The number of pyridine rings is 1. The van der Waals surface area contributed by atoms with Crippen molar-refractivity contribution >= 4 is 33.4 Å². The number of anilines is 1. The smallest absolute Gasteiger partial charge is 0.228 e. The maximum Gasteiger partial charge on any atom is 0.228 e. The second kappa shape index (κ2) is 6.52. The second-order valence-electron chi connectivity index (χ2n) is 6.27. The van der Waals surface area contributed by atoms with Gasteiger partial charge in [-0.15, -0.1) is 0 Å². The Balaban J connectivity index is 1.55. The molecule has 0 atom stereocenters. The molecule has 0 radical (unpaired) electrons. The van der Waals surface area contributed by atoms with Gasteiger partial charge in [0.1, 0.15) is 0 Å². The molecule has 0 fully saturated rings. The second-order valence-corrected chi connectivity index (χ2v) is 6.27. The molecule has 0 spiro atoms. The van der Waals surface area contributed by atoms with E-state index >= 15 is 0 Å². The van der Waals surface area contributed by atoms with Crippen LogP contribution in [0.25, 0.3) is 21.8 Å². The Morgan fingerprint density at radius 3 is 2.85 bits per heavy atom. The van der Waals surface area contributed by atoms with Gasteiger partial charge in [-0.05, 0) is 35.9 Å². The van der Waals surface area contributed by atoms with Crippen LogP contribution in [0, 0.1) is 0 Å². The topological polar surface area (TPSA) is 56.1 Å². The average molecular weight is 345 g/mol. The largest absolute Gasteiger partial charge is 0.481 e. The van der Waals surface area contributed by atoms with Gasteiger partial charge in [0.05, 0.1) is 19.0 Å². The summed E-state index contributed by atoms with van der Waals surface area (Å²) in [6.45, 7) is 0. The van der Waals surface area contributed by atoms with Crippen molar-refractivity contribution in [3.8, 4) is 5.88 Å². The molecule has 0 aliphatic heterocycles. The van der Waals surface area contributed by atoms with Gasteiger partial charge < -0.3 is 14.6 Å². The number of hydrogen-bond acceptors (Lipinski definition) is 3. The first-order chi connectivity index (χ1) is 12.6. The molecule has 26 heavy (non-hydrogen) atoms. The number of nitrogens with one attached hydrogen (secondary N) is 1. The van der Waals surface area contributed by atoms with Gasteiger partial charge >= 0.3 is 0 Å². The average Bonchev–Trinajstić information content (AvgIpc) is 2.97. The van der Waals surface area contributed by atoms with Gasteiger partial charge in [-0.3, -0.25) is 4.79 Å². The van der Waals surface area contributed by atoms with Gasteiger partial charge in [0.15, 0.2) is 0 Å². The number of benzene rings is 2. The van der Waals surface area contributed by atoms with Crippen molar-refractivity contribution in [3.63, 3.8) is 0 Å². The molecule has 2 aromatic carbocycles. The van der Waals surface area contributed by atoms with Crippen molar-refractivity contribution < 1.29 is 9.53 Å². The molecular formula is C21H19N3O2. The molecule has 1 N–H and O–H groups in total. The number of hydrogen-bond donors (Lipinski definition) is 1. The van der Waals surface area contributed by atoms with E-state index in [0.717, 1.165) is 33.1 Å². The lowest BCUT2D eigenvalue weighted by atomic mass is 10.1. The molecule has 5 heteroatoms. The molecule has 4 aromatic rings. The van der Waals surface area contributed by atoms with Gasteiger partial charge in [-0.25, -0.2) is 4.98 Å². The van der Waals surface area contributed by atoms with E-state index in [-0.39, 0.29) is 5.91 Å².